The van der Waals surface area contributed by atoms with Crippen LogP contribution < -0.4 is 0 Å². The largest absolute Gasteiger partial charge is 0.252 e. The first-order chi connectivity index (χ1) is 6.86. The highest BCUT2D eigenvalue weighted by atomic mass is 19.1. The molecule has 0 saturated carbocycles. The van der Waals surface area contributed by atoms with Crippen molar-refractivity contribution in [2.75, 3.05) is 0 Å². The smallest absolute Gasteiger partial charge is 0.133 e. The van der Waals surface area contributed by atoms with Gasteiger partial charge < -0.3 is 0 Å². The minimum Gasteiger partial charge on any atom is -0.252 e. The summed E-state index contributed by atoms with van der Waals surface area (Å²) in [7, 11) is 0. The third kappa shape index (κ3) is 0.909. The number of fused-ring (bicyclic) bond motifs is 3. The second-order valence-electron chi connectivity index (χ2n) is 3.41. The van der Waals surface area contributed by atoms with Crippen LogP contribution in [0.3, 0.4) is 0 Å². The number of halogens is 1. The normalized spacial score (nSPS) is 17.2. The van der Waals surface area contributed by atoms with Gasteiger partial charge in [-0.3, -0.25) is 4.99 Å². The number of hydrogen-bond acceptors (Lipinski definition) is 1. The number of nitrogens with zero attached hydrogens (tertiary/aromatic N) is 1. The summed E-state index contributed by atoms with van der Waals surface area (Å²) >= 11 is 0. The number of aliphatic imine (C=N–C) groups is 1. The Balaban J connectivity index is 2.29. The first kappa shape index (κ1) is 7.68. The lowest BCUT2D eigenvalue weighted by Crippen LogP contribution is -1.99. The molecule has 1 heterocycles. The van der Waals surface area contributed by atoms with E-state index in [-0.39, 0.29) is 5.82 Å². The van der Waals surface area contributed by atoms with Crippen LogP contribution in [-0.4, -0.2) is 5.71 Å². The summed E-state index contributed by atoms with van der Waals surface area (Å²) in [4.78, 5) is 4.39. The van der Waals surface area contributed by atoms with Crippen LogP contribution in [0.4, 0.5) is 10.1 Å². The van der Waals surface area contributed by atoms with E-state index in [0.717, 1.165) is 23.4 Å². The molecule has 1 aromatic rings. The third-order valence-corrected chi connectivity index (χ3v) is 2.54. The molecular weight excluding hydrogens is 177 g/mol. The van der Waals surface area contributed by atoms with Crippen molar-refractivity contribution < 1.29 is 4.39 Å². The Morgan fingerprint density at radius 3 is 3.14 bits per heavy atom. The first-order valence-electron chi connectivity index (χ1n) is 4.60. The second kappa shape index (κ2) is 2.64. The summed E-state index contributed by atoms with van der Waals surface area (Å²) in [6, 6.07) is 5.03. The van der Waals surface area contributed by atoms with E-state index < -0.39 is 0 Å². The van der Waals surface area contributed by atoms with Gasteiger partial charge in [-0.15, -0.1) is 0 Å². The molecule has 0 unspecified atom stereocenters. The standard InChI is InChI=1S/C12H8FN/c13-9-5-3-7-11-12(9)8-4-1-2-6-10(8)14-11/h1-5,7H,6H2. The van der Waals surface area contributed by atoms with E-state index in [4.69, 9.17) is 0 Å². The molecule has 0 radical (unpaired) electrons. The molecule has 1 aromatic carbocycles. The molecule has 14 heavy (non-hydrogen) atoms. The van der Waals surface area contributed by atoms with Gasteiger partial charge >= 0.3 is 0 Å². The Morgan fingerprint density at radius 1 is 1.29 bits per heavy atom. The molecule has 68 valence electrons. The molecule has 1 aliphatic carbocycles. The van der Waals surface area contributed by atoms with Crippen molar-refractivity contribution in [1.29, 1.82) is 0 Å². The van der Waals surface area contributed by atoms with E-state index in [1.807, 2.05) is 24.3 Å². The molecule has 0 saturated heterocycles. The Kier molecular flexibility index (Phi) is 1.45. The summed E-state index contributed by atoms with van der Waals surface area (Å²) < 4.78 is 13.5. The number of allylic oxidation sites excluding steroid dienone is 4. The van der Waals surface area contributed by atoms with Gasteiger partial charge in [0, 0.05) is 17.6 Å². The van der Waals surface area contributed by atoms with Crippen LogP contribution in [0.5, 0.6) is 0 Å². The monoisotopic (exact) mass is 185 g/mol. The molecule has 2 aliphatic rings. The summed E-state index contributed by atoms with van der Waals surface area (Å²) in [6.45, 7) is 0. The van der Waals surface area contributed by atoms with Crippen molar-refractivity contribution in [3.8, 4) is 0 Å². The molecule has 0 fully saturated rings. The summed E-state index contributed by atoms with van der Waals surface area (Å²) in [6.07, 6.45) is 6.72. The van der Waals surface area contributed by atoms with Gasteiger partial charge in [0.05, 0.1) is 11.4 Å². The zero-order valence-corrected chi connectivity index (χ0v) is 7.50. The van der Waals surface area contributed by atoms with Crippen LogP contribution in [0, 0.1) is 5.82 Å². The van der Waals surface area contributed by atoms with Gasteiger partial charge in [0.15, 0.2) is 0 Å². The van der Waals surface area contributed by atoms with Gasteiger partial charge in [0.25, 0.3) is 0 Å². The molecule has 0 spiro atoms. The fraction of sp³-hybridized carbons (Fsp3) is 0.0833. The number of rotatable bonds is 0. The van der Waals surface area contributed by atoms with Crippen LogP contribution in [0.1, 0.15) is 12.0 Å². The minimum absolute atomic E-state index is 0.178. The number of hydrogen-bond donors (Lipinski definition) is 0. The maximum atomic E-state index is 13.5. The third-order valence-electron chi connectivity index (χ3n) is 2.54. The molecule has 0 atom stereocenters. The lowest BCUT2D eigenvalue weighted by atomic mass is 9.97. The minimum atomic E-state index is -0.178. The Hall–Kier alpha value is -1.70. The van der Waals surface area contributed by atoms with Crippen LogP contribution in [0.2, 0.25) is 0 Å². The molecule has 0 N–H and O–H groups in total. The lowest BCUT2D eigenvalue weighted by molar-refractivity contribution is 0.625. The summed E-state index contributed by atoms with van der Waals surface area (Å²) in [5, 5.41) is 0. The van der Waals surface area contributed by atoms with Crippen molar-refractivity contribution in [2.45, 2.75) is 6.42 Å². The SMILES string of the molecule is Fc1cccc2c1C1=CC=CCC1=N2. The summed E-state index contributed by atoms with van der Waals surface area (Å²) in [5.74, 6) is -0.178. The average Bonchev–Trinajstić information content (AvgIpc) is 2.57. The van der Waals surface area contributed by atoms with Crippen LogP contribution >= 0.6 is 0 Å². The molecule has 2 heteroatoms. The van der Waals surface area contributed by atoms with Crippen molar-refractivity contribution >= 4 is 17.0 Å². The highest BCUT2D eigenvalue weighted by Gasteiger charge is 2.23. The molecular formula is C12H8FN. The maximum absolute atomic E-state index is 13.5. The van der Waals surface area contributed by atoms with Crippen molar-refractivity contribution in [1.82, 2.24) is 0 Å². The zero-order chi connectivity index (χ0) is 9.54. The Labute approximate surface area is 81.3 Å². The predicted octanol–water partition coefficient (Wildman–Crippen LogP) is 3.26. The lowest BCUT2D eigenvalue weighted by Gasteiger charge is -2.05. The van der Waals surface area contributed by atoms with E-state index in [1.165, 1.54) is 6.07 Å². The van der Waals surface area contributed by atoms with E-state index in [0.29, 0.717) is 5.56 Å². The second-order valence-corrected chi connectivity index (χ2v) is 3.41. The van der Waals surface area contributed by atoms with Gasteiger partial charge in [-0.05, 0) is 12.1 Å². The van der Waals surface area contributed by atoms with Gasteiger partial charge in [-0.2, -0.15) is 0 Å². The fourth-order valence-corrected chi connectivity index (χ4v) is 1.90. The Morgan fingerprint density at radius 2 is 2.21 bits per heavy atom. The zero-order valence-electron chi connectivity index (χ0n) is 7.50. The molecule has 0 amide bonds. The van der Waals surface area contributed by atoms with Crippen LogP contribution in [0.15, 0.2) is 41.4 Å². The highest BCUT2D eigenvalue weighted by molar-refractivity contribution is 6.30. The topological polar surface area (TPSA) is 12.4 Å². The molecule has 0 bridgehead atoms. The fourth-order valence-electron chi connectivity index (χ4n) is 1.90. The first-order valence-corrected chi connectivity index (χ1v) is 4.60. The van der Waals surface area contributed by atoms with E-state index >= 15 is 0 Å². The number of benzene rings is 1. The summed E-state index contributed by atoms with van der Waals surface area (Å²) in [5.41, 5.74) is 3.34. The quantitative estimate of drug-likeness (QED) is 0.588. The van der Waals surface area contributed by atoms with E-state index in [1.54, 1.807) is 6.07 Å². The van der Waals surface area contributed by atoms with Crippen molar-refractivity contribution in [3.05, 3.63) is 47.8 Å². The van der Waals surface area contributed by atoms with E-state index in [9.17, 15) is 4.39 Å². The maximum Gasteiger partial charge on any atom is 0.133 e. The molecule has 3 rings (SSSR count). The van der Waals surface area contributed by atoms with Gasteiger partial charge in [-0.1, -0.05) is 24.3 Å². The van der Waals surface area contributed by atoms with Gasteiger partial charge in [0.1, 0.15) is 5.82 Å². The van der Waals surface area contributed by atoms with Crippen molar-refractivity contribution in [3.63, 3.8) is 0 Å². The van der Waals surface area contributed by atoms with Gasteiger partial charge in [-0.25, -0.2) is 4.39 Å². The molecule has 1 aliphatic heterocycles. The highest BCUT2D eigenvalue weighted by Crippen LogP contribution is 2.38. The molecule has 0 aromatic heterocycles. The predicted molar refractivity (Wildman–Crippen MR) is 55.2 cm³/mol. The molecule has 1 nitrogen and oxygen atoms in total. The average molecular weight is 185 g/mol. The van der Waals surface area contributed by atoms with E-state index in [2.05, 4.69) is 4.99 Å². The van der Waals surface area contributed by atoms with Crippen LogP contribution in [-0.2, 0) is 0 Å². The Bertz CT molecular complexity index is 495. The van der Waals surface area contributed by atoms with Crippen LogP contribution in [0.25, 0.3) is 5.57 Å². The van der Waals surface area contributed by atoms with Gasteiger partial charge in [0.2, 0.25) is 0 Å². The van der Waals surface area contributed by atoms with Crippen molar-refractivity contribution in [2.24, 2.45) is 4.99 Å².